The first-order chi connectivity index (χ1) is 19.0. The van der Waals surface area contributed by atoms with E-state index in [1.807, 2.05) is 36.1 Å². The second kappa shape index (κ2) is 10.9. The molecule has 0 amide bonds. The second-order valence-electron chi connectivity index (χ2n) is 11.3. The molecule has 1 atom stereocenters. The van der Waals surface area contributed by atoms with Crippen LogP contribution in [0.1, 0.15) is 54.9 Å². The largest absolute Gasteiger partial charge is 0.384 e. The van der Waals surface area contributed by atoms with Gasteiger partial charge in [-0.3, -0.25) is 9.69 Å². The number of thioether (sulfide) groups is 1. The van der Waals surface area contributed by atoms with E-state index in [2.05, 4.69) is 54.9 Å². The number of carbonyl (C=O) groups is 1. The van der Waals surface area contributed by atoms with Gasteiger partial charge in [0.1, 0.15) is 11.6 Å². The van der Waals surface area contributed by atoms with Gasteiger partial charge in [-0.05, 0) is 96.5 Å². The summed E-state index contributed by atoms with van der Waals surface area (Å²) in [5.41, 5.74) is 13.5. The number of hydrogen-bond donors (Lipinski definition) is 1. The van der Waals surface area contributed by atoms with E-state index < -0.39 is 5.92 Å². The number of hydrogen-bond acceptors (Lipinski definition) is 5. The summed E-state index contributed by atoms with van der Waals surface area (Å²) in [4.78, 5) is 16.8. The number of nitriles is 1. The van der Waals surface area contributed by atoms with Gasteiger partial charge in [-0.2, -0.15) is 5.26 Å². The highest BCUT2D eigenvalue weighted by Crippen LogP contribution is 2.51. The van der Waals surface area contributed by atoms with E-state index in [9.17, 15) is 14.4 Å². The van der Waals surface area contributed by atoms with Crippen molar-refractivity contribution in [3.05, 3.63) is 116 Å². The number of halogens is 2. The molecule has 2 N–H and O–H groups in total. The SMILES string of the molecule is Cc1cc(C)c(C2C(C#N)=C(N)N(c3ccc(Br)cc3)C3=C2C(=O)CC(C)(C)C3)cc1CSc1ccc(F)cc1. The zero-order valence-electron chi connectivity index (χ0n) is 23.0. The number of allylic oxidation sites excluding steroid dienone is 3. The molecule has 2 aliphatic rings. The lowest BCUT2D eigenvalue weighted by Crippen LogP contribution is -2.42. The molecule has 0 saturated carbocycles. The molecule has 40 heavy (non-hydrogen) atoms. The van der Waals surface area contributed by atoms with Gasteiger partial charge < -0.3 is 5.73 Å². The average Bonchev–Trinajstić information content (AvgIpc) is 2.89. The van der Waals surface area contributed by atoms with Crippen LogP contribution in [0.4, 0.5) is 10.1 Å². The Kier molecular flexibility index (Phi) is 7.69. The molecule has 1 heterocycles. The molecule has 0 fully saturated rings. The van der Waals surface area contributed by atoms with Gasteiger partial charge in [-0.15, -0.1) is 11.8 Å². The summed E-state index contributed by atoms with van der Waals surface area (Å²) in [5.74, 6) is 0.300. The van der Waals surface area contributed by atoms with Crippen LogP contribution in [-0.2, 0) is 10.5 Å². The lowest BCUT2D eigenvalue weighted by atomic mass is 9.68. The molecule has 1 aliphatic heterocycles. The van der Waals surface area contributed by atoms with Crippen molar-refractivity contribution < 1.29 is 9.18 Å². The Morgan fingerprint density at radius 3 is 2.40 bits per heavy atom. The molecule has 0 radical (unpaired) electrons. The van der Waals surface area contributed by atoms with Gasteiger partial charge in [0.15, 0.2) is 5.78 Å². The van der Waals surface area contributed by atoms with E-state index in [-0.39, 0.29) is 17.0 Å². The zero-order chi connectivity index (χ0) is 28.8. The van der Waals surface area contributed by atoms with Crippen LogP contribution in [0, 0.1) is 36.4 Å². The molecular weight excluding hydrogens is 585 g/mol. The predicted molar refractivity (Wildman–Crippen MR) is 163 cm³/mol. The highest BCUT2D eigenvalue weighted by atomic mass is 79.9. The number of nitrogens with two attached hydrogens (primary N) is 1. The minimum atomic E-state index is -0.537. The van der Waals surface area contributed by atoms with E-state index in [0.717, 1.165) is 43.0 Å². The Morgan fingerprint density at radius 1 is 1.07 bits per heavy atom. The Labute approximate surface area is 247 Å². The number of ketones is 1. The van der Waals surface area contributed by atoms with Crippen LogP contribution in [0.15, 0.2) is 92.7 Å². The Balaban J connectivity index is 1.65. The Morgan fingerprint density at radius 2 is 1.75 bits per heavy atom. The first-order valence-corrected chi connectivity index (χ1v) is 15.0. The standard InChI is InChI=1S/C33H31BrFN3OS/c1-19-13-20(2)26(14-21(19)18-40-25-11-7-23(35)8-12-25)30-27(17-36)32(37)38(24-9-5-22(34)6-10-24)28-15-33(3,4)16-29(39)31(28)30/h5-14,30H,15-16,18,37H2,1-4H3. The molecule has 0 bridgehead atoms. The topological polar surface area (TPSA) is 70.1 Å². The quantitative estimate of drug-likeness (QED) is 0.292. The number of carbonyl (C=O) groups excluding carboxylic acids is 1. The molecule has 4 nitrogen and oxygen atoms in total. The lowest BCUT2D eigenvalue weighted by molar-refractivity contribution is -0.118. The Hall–Kier alpha value is -3.34. The maximum absolute atomic E-state index is 13.9. The molecule has 0 saturated heterocycles. The predicted octanol–water partition coefficient (Wildman–Crippen LogP) is 8.44. The van der Waals surface area contributed by atoms with Crippen molar-refractivity contribution >= 4 is 39.2 Å². The third-order valence-corrected chi connectivity index (χ3v) is 9.30. The van der Waals surface area contributed by atoms with E-state index >= 15 is 0 Å². The molecule has 0 spiro atoms. The second-order valence-corrected chi connectivity index (χ2v) is 13.3. The van der Waals surface area contributed by atoms with Crippen LogP contribution >= 0.6 is 27.7 Å². The molecule has 0 aromatic heterocycles. The number of nitrogens with zero attached hydrogens (tertiary/aromatic N) is 2. The minimum absolute atomic E-state index is 0.0563. The summed E-state index contributed by atoms with van der Waals surface area (Å²) in [6, 6.07) is 20.9. The van der Waals surface area contributed by atoms with Gasteiger partial charge in [0, 0.05) is 38.5 Å². The fraction of sp³-hybridized carbons (Fsp3) is 0.273. The summed E-state index contributed by atoms with van der Waals surface area (Å²) in [5, 5.41) is 10.5. The van der Waals surface area contributed by atoms with Gasteiger partial charge in [-0.25, -0.2) is 4.39 Å². The van der Waals surface area contributed by atoms with Gasteiger partial charge in [0.05, 0.1) is 17.6 Å². The van der Waals surface area contributed by atoms with Crippen LogP contribution < -0.4 is 10.6 Å². The van der Waals surface area contributed by atoms with Crippen LogP contribution in [0.3, 0.4) is 0 Å². The summed E-state index contributed by atoms with van der Waals surface area (Å²) in [6.07, 6.45) is 1.07. The molecule has 1 unspecified atom stereocenters. The zero-order valence-corrected chi connectivity index (χ0v) is 25.4. The lowest BCUT2D eigenvalue weighted by Gasteiger charge is -2.44. The van der Waals surface area contributed by atoms with E-state index in [0.29, 0.717) is 35.6 Å². The maximum Gasteiger partial charge on any atom is 0.162 e. The van der Waals surface area contributed by atoms with Crippen LogP contribution in [-0.4, -0.2) is 5.78 Å². The fourth-order valence-electron chi connectivity index (χ4n) is 5.78. The number of benzene rings is 3. The molecule has 3 aromatic rings. The van der Waals surface area contributed by atoms with E-state index in [4.69, 9.17) is 5.73 Å². The smallest absolute Gasteiger partial charge is 0.162 e. The molecule has 5 rings (SSSR count). The van der Waals surface area contributed by atoms with E-state index in [1.54, 1.807) is 23.9 Å². The van der Waals surface area contributed by atoms with Crippen molar-refractivity contribution in [1.82, 2.24) is 0 Å². The highest BCUT2D eigenvalue weighted by Gasteiger charge is 2.45. The molecule has 204 valence electrons. The molecule has 3 aromatic carbocycles. The number of aryl methyl sites for hydroxylation is 2. The van der Waals surface area contributed by atoms with Crippen molar-refractivity contribution in [1.29, 1.82) is 5.26 Å². The van der Waals surface area contributed by atoms with E-state index in [1.165, 1.54) is 12.1 Å². The molecule has 7 heteroatoms. The third-order valence-electron chi connectivity index (χ3n) is 7.71. The van der Waals surface area contributed by atoms with Crippen molar-refractivity contribution in [2.75, 3.05) is 4.90 Å². The third kappa shape index (κ3) is 5.35. The van der Waals surface area contributed by atoms with Crippen molar-refractivity contribution in [2.24, 2.45) is 11.1 Å². The first kappa shape index (κ1) is 28.2. The van der Waals surface area contributed by atoms with Crippen molar-refractivity contribution in [3.8, 4) is 6.07 Å². The van der Waals surface area contributed by atoms with Gasteiger partial charge in [-0.1, -0.05) is 41.9 Å². The number of anilines is 1. The van der Waals surface area contributed by atoms with Gasteiger partial charge in [0.25, 0.3) is 0 Å². The van der Waals surface area contributed by atoms with Crippen molar-refractivity contribution in [3.63, 3.8) is 0 Å². The molecular formula is C33H31BrFN3OS. The van der Waals surface area contributed by atoms with Crippen LogP contribution in [0.2, 0.25) is 0 Å². The van der Waals surface area contributed by atoms with Crippen molar-refractivity contribution in [2.45, 2.75) is 57.1 Å². The average molecular weight is 617 g/mol. The maximum atomic E-state index is 13.9. The van der Waals surface area contributed by atoms with Gasteiger partial charge in [0.2, 0.25) is 0 Å². The highest BCUT2D eigenvalue weighted by molar-refractivity contribution is 9.10. The number of rotatable bonds is 5. The minimum Gasteiger partial charge on any atom is -0.384 e. The summed E-state index contributed by atoms with van der Waals surface area (Å²) >= 11 is 5.13. The normalized spacial score (nSPS) is 18.6. The fourth-order valence-corrected chi connectivity index (χ4v) is 7.01. The van der Waals surface area contributed by atoms with Crippen LogP contribution in [0.5, 0.6) is 0 Å². The summed E-state index contributed by atoms with van der Waals surface area (Å²) in [7, 11) is 0. The van der Waals surface area contributed by atoms with Crippen LogP contribution in [0.25, 0.3) is 0 Å². The van der Waals surface area contributed by atoms with Gasteiger partial charge >= 0.3 is 0 Å². The monoisotopic (exact) mass is 615 g/mol. The number of Topliss-reactive ketones (excluding diaryl/α,β-unsaturated/α-hetero) is 1. The molecule has 1 aliphatic carbocycles. The first-order valence-electron chi connectivity index (χ1n) is 13.2. The summed E-state index contributed by atoms with van der Waals surface area (Å²) in [6.45, 7) is 8.31. The summed E-state index contributed by atoms with van der Waals surface area (Å²) < 4.78 is 14.3. The Bertz CT molecular complexity index is 1600.